The molecular weight excluding hydrogens is 452 g/mol. The van der Waals surface area contributed by atoms with Crippen molar-refractivity contribution in [2.24, 2.45) is 0 Å². The maximum absolute atomic E-state index is 13.7. The molecule has 3 aromatic carbocycles. The van der Waals surface area contributed by atoms with Crippen LogP contribution < -0.4 is 9.64 Å². The Hall–Kier alpha value is -3.58. The van der Waals surface area contributed by atoms with E-state index >= 15 is 0 Å². The lowest BCUT2D eigenvalue weighted by Gasteiger charge is -2.18. The van der Waals surface area contributed by atoms with Gasteiger partial charge in [-0.3, -0.25) is 4.79 Å². The molecule has 1 fully saturated rings. The van der Waals surface area contributed by atoms with Crippen LogP contribution in [0.3, 0.4) is 0 Å². The van der Waals surface area contributed by atoms with Gasteiger partial charge in [-0.25, -0.2) is 4.39 Å². The van der Waals surface area contributed by atoms with Crippen molar-refractivity contribution in [2.75, 3.05) is 11.4 Å². The van der Waals surface area contributed by atoms with Crippen molar-refractivity contribution < 1.29 is 13.9 Å². The molecule has 0 aromatic heterocycles. The molecule has 0 bridgehead atoms. The molecule has 3 aromatic rings. The lowest BCUT2D eigenvalue weighted by atomic mass is 9.98. The maximum Gasteiger partial charge on any atom is 0.227 e. The molecule has 5 nitrogen and oxygen atoms in total. The summed E-state index contributed by atoms with van der Waals surface area (Å²) in [7, 11) is 0. The number of nitriles is 2. The van der Waals surface area contributed by atoms with E-state index in [0.29, 0.717) is 23.0 Å². The summed E-state index contributed by atoms with van der Waals surface area (Å²) in [5.41, 5.74) is 1.43. The van der Waals surface area contributed by atoms with Gasteiger partial charge in [-0.1, -0.05) is 35.3 Å². The molecule has 4 rings (SSSR count). The predicted molar refractivity (Wildman–Crippen MR) is 119 cm³/mol. The highest BCUT2D eigenvalue weighted by Gasteiger charge is 2.32. The van der Waals surface area contributed by atoms with Crippen LogP contribution in [0.5, 0.6) is 11.5 Å². The number of rotatable bonds is 4. The first-order chi connectivity index (χ1) is 15.4. The molecule has 158 valence electrons. The third-order valence-corrected chi connectivity index (χ3v) is 5.84. The lowest BCUT2D eigenvalue weighted by Crippen LogP contribution is -2.24. The van der Waals surface area contributed by atoms with Crippen LogP contribution in [0.15, 0.2) is 54.6 Å². The van der Waals surface area contributed by atoms with Crippen molar-refractivity contribution in [3.8, 4) is 23.6 Å². The number of halogens is 3. The fourth-order valence-electron chi connectivity index (χ4n) is 3.61. The quantitative estimate of drug-likeness (QED) is 0.460. The van der Waals surface area contributed by atoms with Crippen molar-refractivity contribution in [1.29, 1.82) is 10.5 Å². The summed E-state index contributed by atoms with van der Waals surface area (Å²) in [5, 5.41) is 19.0. The predicted octanol–water partition coefficient (Wildman–Crippen LogP) is 6.19. The first-order valence-corrected chi connectivity index (χ1v) is 10.3. The van der Waals surface area contributed by atoms with Crippen LogP contribution in [-0.4, -0.2) is 12.5 Å². The van der Waals surface area contributed by atoms with E-state index in [1.807, 2.05) is 6.07 Å². The molecule has 8 heteroatoms. The number of hydrogen-bond donors (Lipinski definition) is 0. The summed E-state index contributed by atoms with van der Waals surface area (Å²) >= 11 is 12.5. The monoisotopic (exact) mass is 465 g/mol. The van der Waals surface area contributed by atoms with Crippen LogP contribution in [0.2, 0.25) is 10.0 Å². The molecule has 1 aliphatic rings. The number of ether oxygens (including phenoxy) is 1. The second kappa shape index (κ2) is 8.88. The molecule has 32 heavy (non-hydrogen) atoms. The van der Waals surface area contributed by atoms with E-state index in [9.17, 15) is 14.4 Å². The van der Waals surface area contributed by atoms with E-state index in [2.05, 4.69) is 0 Å². The molecule has 1 aliphatic heterocycles. The summed E-state index contributed by atoms with van der Waals surface area (Å²) in [6.45, 7) is 0.353. The highest BCUT2D eigenvalue weighted by molar-refractivity contribution is 6.33. The standard InChI is InChI=1S/C24H14Cl2FN3O2/c25-19-6-4-14(9-22(19)32-24-15(11-28)2-1-3-20(24)26)17-10-23(31)30(13-17)18-5-7-21(27)16(8-18)12-29/h1-9,17H,10,13H2. The van der Waals surface area contributed by atoms with Crippen molar-refractivity contribution >= 4 is 34.8 Å². The lowest BCUT2D eigenvalue weighted by molar-refractivity contribution is -0.117. The maximum atomic E-state index is 13.7. The molecule has 1 atom stereocenters. The van der Waals surface area contributed by atoms with E-state index in [4.69, 9.17) is 33.2 Å². The zero-order chi connectivity index (χ0) is 22.8. The smallest absolute Gasteiger partial charge is 0.227 e. The van der Waals surface area contributed by atoms with Gasteiger partial charge in [0, 0.05) is 24.6 Å². The van der Waals surface area contributed by atoms with Gasteiger partial charge in [-0.2, -0.15) is 10.5 Å². The number of amides is 1. The Balaban J connectivity index is 1.62. The summed E-state index contributed by atoms with van der Waals surface area (Å²) < 4.78 is 19.5. The number of carbonyl (C=O) groups is 1. The zero-order valence-electron chi connectivity index (χ0n) is 16.5. The first-order valence-electron chi connectivity index (χ1n) is 9.57. The molecule has 0 saturated carbocycles. The number of carbonyl (C=O) groups excluding carboxylic acids is 1. The summed E-state index contributed by atoms with van der Waals surface area (Å²) in [4.78, 5) is 14.2. The summed E-state index contributed by atoms with van der Waals surface area (Å²) in [6.07, 6.45) is 0.232. The van der Waals surface area contributed by atoms with E-state index in [0.717, 1.165) is 5.56 Å². The van der Waals surface area contributed by atoms with Crippen LogP contribution in [-0.2, 0) is 4.79 Å². The minimum absolute atomic E-state index is 0.117. The highest BCUT2D eigenvalue weighted by atomic mass is 35.5. The van der Waals surface area contributed by atoms with Crippen molar-refractivity contribution in [2.45, 2.75) is 12.3 Å². The molecule has 0 aliphatic carbocycles. The first kappa shape index (κ1) is 21.6. The Morgan fingerprint density at radius 2 is 1.78 bits per heavy atom. The van der Waals surface area contributed by atoms with Gasteiger partial charge < -0.3 is 9.64 Å². The van der Waals surface area contributed by atoms with Crippen LogP contribution in [0.25, 0.3) is 0 Å². The third kappa shape index (κ3) is 4.11. The van der Waals surface area contributed by atoms with E-state index in [1.54, 1.807) is 42.5 Å². The molecule has 0 spiro atoms. The SMILES string of the molecule is N#Cc1cc(N2CC(c3ccc(Cl)c(Oc4c(Cl)cccc4C#N)c3)CC2=O)ccc1F. The number of anilines is 1. The normalized spacial score (nSPS) is 15.3. The number of para-hydroxylation sites is 1. The van der Waals surface area contributed by atoms with E-state index in [-0.39, 0.29) is 40.1 Å². The number of benzene rings is 3. The Labute approximate surface area is 193 Å². The van der Waals surface area contributed by atoms with Crippen molar-refractivity contribution in [1.82, 2.24) is 0 Å². The van der Waals surface area contributed by atoms with Crippen LogP contribution in [0.4, 0.5) is 10.1 Å². The zero-order valence-corrected chi connectivity index (χ0v) is 18.0. The minimum atomic E-state index is -0.629. The molecule has 0 N–H and O–H groups in total. The van der Waals surface area contributed by atoms with E-state index in [1.165, 1.54) is 23.1 Å². The van der Waals surface area contributed by atoms with Gasteiger partial charge in [-0.15, -0.1) is 0 Å². The van der Waals surface area contributed by atoms with Gasteiger partial charge >= 0.3 is 0 Å². The van der Waals surface area contributed by atoms with Gasteiger partial charge in [0.1, 0.15) is 23.7 Å². The van der Waals surface area contributed by atoms with Gasteiger partial charge in [0.25, 0.3) is 0 Å². The number of nitrogens with zero attached hydrogens (tertiary/aromatic N) is 3. The summed E-state index contributed by atoms with van der Waals surface area (Å²) in [5.74, 6) is -0.418. The number of hydrogen-bond acceptors (Lipinski definition) is 4. The molecule has 1 unspecified atom stereocenters. The Bertz CT molecular complexity index is 1310. The fourth-order valence-corrected chi connectivity index (χ4v) is 3.98. The summed E-state index contributed by atoms with van der Waals surface area (Å²) in [6, 6.07) is 17.9. The van der Waals surface area contributed by atoms with E-state index < -0.39 is 5.82 Å². The second-order valence-electron chi connectivity index (χ2n) is 7.20. The van der Waals surface area contributed by atoms with Gasteiger partial charge in [0.2, 0.25) is 5.91 Å². The van der Waals surface area contributed by atoms with Crippen LogP contribution in [0, 0.1) is 28.5 Å². The minimum Gasteiger partial charge on any atom is -0.453 e. The van der Waals surface area contributed by atoms with Gasteiger partial charge in [0.05, 0.1) is 21.2 Å². The fraction of sp³-hybridized carbons (Fsp3) is 0.125. The molecule has 1 heterocycles. The molecular formula is C24H14Cl2FN3O2. The van der Waals surface area contributed by atoms with Gasteiger partial charge in [-0.05, 0) is 48.0 Å². The Kier molecular flexibility index (Phi) is 6.01. The second-order valence-corrected chi connectivity index (χ2v) is 8.02. The topological polar surface area (TPSA) is 77.1 Å². The third-order valence-electron chi connectivity index (χ3n) is 5.23. The Morgan fingerprint density at radius 3 is 2.53 bits per heavy atom. The van der Waals surface area contributed by atoms with Crippen molar-refractivity contribution in [3.05, 3.63) is 87.2 Å². The highest BCUT2D eigenvalue weighted by Crippen LogP contribution is 2.39. The molecule has 1 amide bonds. The average molecular weight is 466 g/mol. The van der Waals surface area contributed by atoms with Crippen molar-refractivity contribution in [3.63, 3.8) is 0 Å². The van der Waals surface area contributed by atoms with Gasteiger partial charge in [0.15, 0.2) is 5.75 Å². The molecule has 1 saturated heterocycles. The largest absolute Gasteiger partial charge is 0.453 e. The average Bonchev–Trinajstić information content (AvgIpc) is 3.18. The Morgan fingerprint density at radius 1 is 1.00 bits per heavy atom. The molecule has 0 radical (unpaired) electrons. The van der Waals surface area contributed by atoms with Crippen LogP contribution in [0.1, 0.15) is 29.0 Å². The van der Waals surface area contributed by atoms with Crippen LogP contribution >= 0.6 is 23.2 Å².